The number of hydrogen-bond acceptors (Lipinski definition) is 4. The highest BCUT2D eigenvalue weighted by Gasteiger charge is 2.33. The summed E-state index contributed by atoms with van der Waals surface area (Å²) in [6.45, 7) is 6.36. The quantitative estimate of drug-likeness (QED) is 0.552. The molecule has 4 rings (SSSR count). The van der Waals surface area contributed by atoms with E-state index in [4.69, 9.17) is 9.47 Å². The van der Waals surface area contributed by atoms with Crippen LogP contribution in [-0.2, 0) is 9.47 Å². The number of hydrogen-bond donors (Lipinski definition) is 1. The average Bonchev–Trinajstić information content (AvgIpc) is 3.39. The monoisotopic (exact) mass is 420 g/mol. The molecule has 1 aliphatic heterocycles. The van der Waals surface area contributed by atoms with Crippen LogP contribution in [0.2, 0.25) is 0 Å². The predicted octanol–water partition coefficient (Wildman–Crippen LogP) is 5.69. The van der Waals surface area contributed by atoms with E-state index in [0.29, 0.717) is 12.1 Å². The minimum Gasteiger partial charge on any atom is -0.465 e. The van der Waals surface area contributed by atoms with Crippen LogP contribution in [0, 0.1) is 0 Å². The third-order valence-corrected chi connectivity index (χ3v) is 5.56. The van der Waals surface area contributed by atoms with E-state index in [1.54, 1.807) is 6.07 Å². The van der Waals surface area contributed by atoms with Crippen LogP contribution in [0.15, 0.2) is 48.5 Å². The molecule has 1 aromatic heterocycles. The maximum atomic E-state index is 12.6. The summed E-state index contributed by atoms with van der Waals surface area (Å²) in [5.41, 5.74) is 3.95. The number of aromatic nitrogens is 1. The molecule has 6 heteroatoms. The lowest BCUT2D eigenvalue weighted by Gasteiger charge is -2.29. The number of ether oxygens (including phenoxy) is 2. The van der Waals surface area contributed by atoms with Crippen LogP contribution in [0.3, 0.4) is 0 Å². The molecule has 6 nitrogen and oxygen atoms in total. The molecule has 2 heterocycles. The maximum absolute atomic E-state index is 12.6. The molecule has 1 fully saturated rings. The first-order valence-corrected chi connectivity index (χ1v) is 10.6. The smallest absolute Gasteiger partial charge is 0.410 e. The van der Waals surface area contributed by atoms with Gasteiger partial charge in [-0.05, 0) is 62.9 Å². The number of esters is 1. The Kier molecular flexibility index (Phi) is 5.48. The van der Waals surface area contributed by atoms with Gasteiger partial charge in [-0.15, -0.1) is 0 Å². The predicted molar refractivity (Wildman–Crippen MR) is 120 cm³/mol. The number of carbonyl (C=O) groups excluding carboxylic acids is 2. The Morgan fingerprint density at radius 3 is 2.52 bits per heavy atom. The van der Waals surface area contributed by atoms with Crippen molar-refractivity contribution in [3.05, 3.63) is 59.7 Å². The van der Waals surface area contributed by atoms with E-state index in [0.717, 1.165) is 40.6 Å². The van der Waals surface area contributed by atoms with Crippen LogP contribution in [-0.4, -0.2) is 41.2 Å². The number of nitrogens with one attached hydrogen (secondary N) is 1. The van der Waals surface area contributed by atoms with E-state index >= 15 is 0 Å². The summed E-state index contributed by atoms with van der Waals surface area (Å²) in [5.74, 6) is -0.352. The van der Waals surface area contributed by atoms with Gasteiger partial charge in [0.2, 0.25) is 0 Å². The van der Waals surface area contributed by atoms with Gasteiger partial charge in [0.15, 0.2) is 0 Å². The van der Waals surface area contributed by atoms with Crippen LogP contribution in [0.25, 0.3) is 22.2 Å². The van der Waals surface area contributed by atoms with Crippen molar-refractivity contribution in [1.82, 2.24) is 9.88 Å². The zero-order valence-corrected chi connectivity index (χ0v) is 18.4. The standard InChI is InChI=1S/C25H28N2O4/c1-25(2,3)31-24(29)27-14-6-9-22(27)17-12-10-16(11-13-17)21-15-19-18(23(28)30-4)7-5-8-20(19)26-21/h5,7-8,10-13,15,22,26H,6,9,14H2,1-4H3. The molecule has 1 unspecified atom stereocenters. The zero-order valence-electron chi connectivity index (χ0n) is 18.4. The largest absolute Gasteiger partial charge is 0.465 e. The Morgan fingerprint density at radius 1 is 1.10 bits per heavy atom. The van der Waals surface area contributed by atoms with Crippen LogP contribution in [0.4, 0.5) is 4.79 Å². The Balaban J connectivity index is 1.58. The van der Waals surface area contributed by atoms with Gasteiger partial charge in [0.25, 0.3) is 0 Å². The Morgan fingerprint density at radius 2 is 1.84 bits per heavy atom. The second kappa shape index (κ2) is 8.10. The molecule has 0 spiro atoms. The fraction of sp³-hybridized carbons (Fsp3) is 0.360. The summed E-state index contributed by atoms with van der Waals surface area (Å²) < 4.78 is 10.5. The van der Waals surface area contributed by atoms with Crippen molar-refractivity contribution in [3.63, 3.8) is 0 Å². The van der Waals surface area contributed by atoms with Gasteiger partial charge in [0.05, 0.1) is 18.7 Å². The fourth-order valence-electron chi connectivity index (χ4n) is 4.14. The summed E-state index contributed by atoms with van der Waals surface area (Å²) in [4.78, 5) is 29.9. The van der Waals surface area contributed by atoms with Gasteiger partial charge >= 0.3 is 12.1 Å². The Labute approximate surface area is 182 Å². The van der Waals surface area contributed by atoms with Gasteiger partial charge in [-0.1, -0.05) is 30.3 Å². The number of likely N-dealkylation sites (tertiary alicyclic amines) is 1. The van der Waals surface area contributed by atoms with E-state index in [1.165, 1.54) is 7.11 Å². The molecule has 0 bridgehead atoms. The first-order chi connectivity index (χ1) is 14.8. The van der Waals surface area contributed by atoms with Crippen molar-refractivity contribution in [2.45, 2.75) is 45.3 Å². The van der Waals surface area contributed by atoms with Crippen LogP contribution in [0.5, 0.6) is 0 Å². The van der Waals surface area contributed by atoms with E-state index in [1.807, 2.05) is 56.0 Å². The molecule has 2 aromatic carbocycles. The lowest BCUT2D eigenvalue weighted by molar-refractivity contribution is 0.0224. The zero-order chi connectivity index (χ0) is 22.2. The van der Waals surface area contributed by atoms with Crippen molar-refractivity contribution in [1.29, 1.82) is 0 Å². The van der Waals surface area contributed by atoms with Crippen molar-refractivity contribution >= 4 is 23.0 Å². The van der Waals surface area contributed by atoms with Crippen LogP contribution in [0.1, 0.15) is 55.6 Å². The summed E-state index contributed by atoms with van der Waals surface area (Å²) in [6.07, 6.45) is 1.63. The number of rotatable bonds is 3. The molecule has 1 atom stereocenters. The molecule has 31 heavy (non-hydrogen) atoms. The average molecular weight is 421 g/mol. The van der Waals surface area contributed by atoms with E-state index in [2.05, 4.69) is 17.1 Å². The SMILES string of the molecule is COC(=O)c1cccc2[nH]c(-c3ccc(C4CCCN4C(=O)OC(C)(C)C)cc3)cc12. The van der Waals surface area contributed by atoms with Gasteiger partial charge in [-0.2, -0.15) is 0 Å². The molecule has 1 aliphatic rings. The Bertz CT molecular complexity index is 1110. The van der Waals surface area contributed by atoms with Gasteiger partial charge < -0.3 is 19.4 Å². The second-order valence-corrected chi connectivity index (χ2v) is 8.90. The first kappa shape index (κ1) is 21.0. The molecule has 162 valence electrons. The number of amides is 1. The summed E-state index contributed by atoms with van der Waals surface area (Å²) >= 11 is 0. The van der Waals surface area contributed by atoms with E-state index in [-0.39, 0.29) is 18.1 Å². The minimum absolute atomic E-state index is 0.0255. The van der Waals surface area contributed by atoms with E-state index in [9.17, 15) is 9.59 Å². The summed E-state index contributed by atoms with van der Waals surface area (Å²) in [6, 6.07) is 15.8. The number of benzene rings is 2. The van der Waals surface area contributed by atoms with E-state index < -0.39 is 5.60 Å². The second-order valence-electron chi connectivity index (χ2n) is 8.90. The van der Waals surface area contributed by atoms with Gasteiger partial charge in [-0.3, -0.25) is 0 Å². The molecule has 0 radical (unpaired) electrons. The number of nitrogens with zero attached hydrogens (tertiary/aromatic N) is 1. The molecule has 0 aliphatic carbocycles. The molecule has 1 saturated heterocycles. The molecule has 1 N–H and O–H groups in total. The molecular formula is C25H28N2O4. The molecule has 0 saturated carbocycles. The lowest BCUT2D eigenvalue weighted by atomic mass is 10.0. The maximum Gasteiger partial charge on any atom is 0.410 e. The fourth-order valence-corrected chi connectivity index (χ4v) is 4.14. The van der Waals surface area contributed by atoms with Crippen molar-refractivity contribution in [2.75, 3.05) is 13.7 Å². The highest BCUT2D eigenvalue weighted by Crippen LogP contribution is 2.34. The van der Waals surface area contributed by atoms with Gasteiger partial charge in [0.1, 0.15) is 5.60 Å². The summed E-state index contributed by atoms with van der Waals surface area (Å²) in [5, 5.41) is 0.834. The first-order valence-electron chi connectivity index (χ1n) is 10.6. The Hall–Kier alpha value is -3.28. The van der Waals surface area contributed by atoms with Crippen molar-refractivity contribution in [3.8, 4) is 11.3 Å². The molecular weight excluding hydrogens is 392 g/mol. The normalized spacial score (nSPS) is 16.5. The number of carbonyl (C=O) groups is 2. The summed E-state index contributed by atoms with van der Waals surface area (Å²) in [7, 11) is 1.39. The van der Waals surface area contributed by atoms with Crippen LogP contribution >= 0.6 is 0 Å². The number of methoxy groups -OCH3 is 1. The molecule has 3 aromatic rings. The van der Waals surface area contributed by atoms with Crippen LogP contribution < -0.4 is 0 Å². The third kappa shape index (κ3) is 4.29. The minimum atomic E-state index is -0.507. The molecule has 1 amide bonds. The van der Waals surface area contributed by atoms with Crippen molar-refractivity contribution in [2.24, 2.45) is 0 Å². The highest BCUT2D eigenvalue weighted by molar-refractivity contribution is 6.05. The third-order valence-electron chi connectivity index (χ3n) is 5.56. The van der Waals surface area contributed by atoms with Gasteiger partial charge in [-0.25, -0.2) is 9.59 Å². The van der Waals surface area contributed by atoms with Gasteiger partial charge in [0, 0.05) is 23.1 Å². The topological polar surface area (TPSA) is 71.6 Å². The number of H-pyrrole nitrogens is 1. The lowest BCUT2D eigenvalue weighted by Crippen LogP contribution is -2.36. The number of aromatic amines is 1. The number of fused-ring (bicyclic) bond motifs is 1. The highest BCUT2D eigenvalue weighted by atomic mass is 16.6. The van der Waals surface area contributed by atoms with Crippen molar-refractivity contribution < 1.29 is 19.1 Å².